The van der Waals surface area contributed by atoms with Crippen molar-refractivity contribution in [1.82, 2.24) is 4.98 Å². The van der Waals surface area contributed by atoms with Crippen LogP contribution in [0.15, 0.2) is 65.1 Å². The highest BCUT2D eigenvalue weighted by Gasteiger charge is 2.31. The zero-order valence-electron chi connectivity index (χ0n) is 18.3. The van der Waals surface area contributed by atoms with Crippen LogP contribution < -0.4 is 10.1 Å². The molecule has 4 aromatic rings. The van der Waals surface area contributed by atoms with Gasteiger partial charge in [-0.3, -0.25) is 14.9 Å². The molecule has 6 nitrogen and oxygen atoms in total. The molecule has 0 atom stereocenters. The Kier molecular flexibility index (Phi) is 6.54. The van der Waals surface area contributed by atoms with Crippen LogP contribution in [0.1, 0.15) is 23.6 Å². The van der Waals surface area contributed by atoms with Crippen LogP contribution in [0, 0.1) is 5.82 Å². The minimum Gasteiger partial charge on any atom is -0.457 e. The van der Waals surface area contributed by atoms with Gasteiger partial charge in [-0.05, 0) is 53.6 Å². The molecular formula is C25H18F4N2O4. The fraction of sp³-hybridized carbons (Fsp3) is 0.160. The van der Waals surface area contributed by atoms with Crippen molar-refractivity contribution in [3.63, 3.8) is 0 Å². The van der Waals surface area contributed by atoms with E-state index in [2.05, 4.69) is 10.3 Å². The largest absolute Gasteiger partial charge is 0.457 e. The Hall–Kier alpha value is -4.21. The van der Waals surface area contributed by atoms with Gasteiger partial charge in [0.1, 0.15) is 28.6 Å². The van der Waals surface area contributed by atoms with Gasteiger partial charge in [0.2, 0.25) is 5.91 Å². The van der Waals surface area contributed by atoms with Crippen LogP contribution in [0.5, 0.6) is 11.5 Å². The standard InChI is InChI=1S/C25H18F4N2O4/c1-14(32)30-24-31-22-9-7-20(13-23(22)35-24)34-19-5-2-15(3-6-19)10-18(33)12-16-11-17(25(27,28)29)4-8-21(16)26/h2-9,11,13H,10,12H2,1H3,(H,30,31,32). The topological polar surface area (TPSA) is 81.4 Å². The summed E-state index contributed by atoms with van der Waals surface area (Å²) in [6, 6.07) is 13.6. The summed E-state index contributed by atoms with van der Waals surface area (Å²) in [6.45, 7) is 1.34. The maximum Gasteiger partial charge on any atom is 0.416 e. The maximum absolute atomic E-state index is 13.9. The maximum atomic E-state index is 13.9. The van der Waals surface area contributed by atoms with Gasteiger partial charge >= 0.3 is 12.2 Å². The number of fused-ring (bicyclic) bond motifs is 1. The number of Topliss-reactive ketones (excluding diaryl/α,β-unsaturated/α-hetero) is 1. The summed E-state index contributed by atoms with van der Waals surface area (Å²) in [6.07, 6.45) is -5.15. The van der Waals surface area contributed by atoms with Gasteiger partial charge in [0.25, 0.3) is 0 Å². The number of aromatic nitrogens is 1. The number of amides is 1. The number of alkyl halides is 3. The van der Waals surface area contributed by atoms with E-state index >= 15 is 0 Å². The zero-order valence-corrected chi connectivity index (χ0v) is 18.3. The van der Waals surface area contributed by atoms with Gasteiger partial charge in [0.05, 0.1) is 5.56 Å². The van der Waals surface area contributed by atoms with E-state index in [1.54, 1.807) is 42.5 Å². The summed E-state index contributed by atoms with van der Waals surface area (Å²) in [5.41, 5.74) is 0.245. The first-order chi connectivity index (χ1) is 16.6. The third-order valence-electron chi connectivity index (χ3n) is 4.96. The number of nitrogens with zero attached hydrogens (tertiary/aromatic N) is 1. The van der Waals surface area contributed by atoms with Crippen LogP contribution in [0.3, 0.4) is 0 Å². The van der Waals surface area contributed by atoms with Crippen molar-refractivity contribution in [2.75, 3.05) is 5.32 Å². The third-order valence-corrected chi connectivity index (χ3v) is 4.96. The molecule has 10 heteroatoms. The number of halogens is 4. The lowest BCUT2D eigenvalue weighted by Gasteiger charge is -2.10. The molecule has 0 spiro atoms. The first kappa shape index (κ1) is 23.9. The van der Waals surface area contributed by atoms with E-state index in [-0.39, 0.29) is 23.9 Å². The molecule has 35 heavy (non-hydrogen) atoms. The fourth-order valence-electron chi connectivity index (χ4n) is 3.37. The van der Waals surface area contributed by atoms with Crippen molar-refractivity contribution < 1.29 is 36.3 Å². The van der Waals surface area contributed by atoms with Crippen molar-refractivity contribution in [3.8, 4) is 11.5 Å². The minimum atomic E-state index is -4.62. The lowest BCUT2D eigenvalue weighted by molar-refractivity contribution is -0.137. The quantitative estimate of drug-likeness (QED) is 0.320. The number of carbonyl (C=O) groups excluding carboxylic acids is 2. The molecule has 0 saturated carbocycles. The van der Waals surface area contributed by atoms with E-state index in [1.165, 1.54) is 6.92 Å². The number of anilines is 1. The van der Waals surface area contributed by atoms with E-state index in [9.17, 15) is 27.2 Å². The highest BCUT2D eigenvalue weighted by molar-refractivity contribution is 5.88. The van der Waals surface area contributed by atoms with E-state index < -0.39 is 29.8 Å². The molecule has 1 amide bonds. The number of hydrogen-bond donors (Lipinski definition) is 1. The molecule has 1 heterocycles. The smallest absolute Gasteiger partial charge is 0.416 e. The number of hydrogen-bond acceptors (Lipinski definition) is 5. The fourth-order valence-corrected chi connectivity index (χ4v) is 3.37. The number of benzene rings is 3. The molecule has 3 aromatic carbocycles. The number of carbonyl (C=O) groups is 2. The molecule has 0 bridgehead atoms. The number of ketones is 1. The van der Waals surface area contributed by atoms with Crippen LogP contribution in [0.25, 0.3) is 11.1 Å². The Labute approximate surface area is 196 Å². The van der Waals surface area contributed by atoms with E-state index in [1.807, 2.05) is 0 Å². The Morgan fingerprint density at radius 2 is 1.69 bits per heavy atom. The average Bonchev–Trinajstić information content (AvgIpc) is 3.16. The Balaban J connectivity index is 1.39. The van der Waals surface area contributed by atoms with Crippen LogP contribution >= 0.6 is 0 Å². The molecule has 0 aliphatic heterocycles. The normalized spacial score (nSPS) is 11.5. The molecule has 0 radical (unpaired) electrons. The monoisotopic (exact) mass is 486 g/mol. The van der Waals surface area contributed by atoms with Crippen molar-refractivity contribution in [1.29, 1.82) is 0 Å². The van der Waals surface area contributed by atoms with Crippen LogP contribution in [0.2, 0.25) is 0 Å². The van der Waals surface area contributed by atoms with Crippen molar-refractivity contribution in [2.45, 2.75) is 25.9 Å². The van der Waals surface area contributed by atoms with Gasteiger partial charge in [0.15, 0.2) is 5.58 Å². The van der Waals surface area contributed by atoms with Crippen LogP contribution in [-0.4, -0.2) is 16.7 Å². The molecule has 0 unspecified atom stereocenters. The second kappa shape index (κ2) is 9.57. The predicted octanol–water partition coefficient (Wildman–Crippen LogP) is 6.09. The molecule has 1 N–H and O–H groups in total. The van der Waals surface area contributed by atoms with E-state index in [4.69, 9.17) is 9.15 Å². The lowest BCUT2D eigenvalue weighted by Crippen LogP contribution is -2.11. The molecule has 0 saturated heterocycles. The predicted molar refractivity (Wildman–Crippen MR) is 119 cm³/mol. The Morgan fingerprint density at radius 3 is 2.37 bits per heavy atom. The summed E-state index contributed by atoms with van der Waals surface area (Å²) in [7, 11) is 0. The van der Waals surface area contributed by atoms with Gasteiger partial charge in [-0.1, -0.05) is 12.1 Å². The van der Waals surface area contributed by atoms with Crippen LogP contribution in [0.4, 0.5) is 23.6 Å². The lowest BCUT2D eigenvalue weighted by atomic mass is 10.0. The number of oxazole rings is 1. The molecule has 180 valence electrons. The number of ether oxygens (including phenoxy) is 1. The number of rotatable bonds is 7. The number of nitrogens with one attached hydrogen (secondary N) is 1. The molecule has 1 aromatic heterocycles. The zero-order chi connectivity index (χ0) is 25.2. The average molecular weight is 486 g/mol. The molecule has 0 aliphatic carbocycles. The molecule has 0 fully saturated rings. The van der Waals surface area contributed by atoms with Crippen molar-refractivity contribution in [3.05, 3.63) is 83.2 Å². The summed E-state index contributed by atoms with van der Waals surface area (Å²) >= 11 is 0. The van der Waals surface area contributed by atoms with E-state index in [0.29, 0.717) is 46.4 Å². The Morgan fingerprint density at radius 1 is 0.971 bits per heavy atom. The van der Waals surface area contributed by atoms with E-state index in [0.717, 1.165) is 0 Å². The van der Waals surface area contributed by atoms with Crippen molar-refractivity contribution in [2.24, 2.45) is 0 Å². The highest BCUT2D eigenvalue weighted by atomic mass is 19.4. The van der Waals surface area contributed by atoms with Gasteiger partial charge in [-0.2, -0.15) is 18.2 Å². The molecule has 4 rings (SSSR count). The van der Waals surface area contributed by atoms with Gasteiger partial charge in [-0.25, -0.2) is 4.39 Å². The summed E-state index contributed by atoms with van der Waals surface area (Å²) in [4.78, 5) is 27.6. The first-order valence-corrected chi connectivity index (χ1v) is 10.4. The minimum absolute atomic E-state index is 0.0729. The van der Waals surface area contributed by atoms with Gasteiger partial charge in [-0.15, -0.1) is 0 Å². The SMILES string of the molecule is CC(=O)Nc1nc2ccc(Oc3ccc(CC(=O)Cc4cc(C(F)(F)F)ccc4F)cc3)cc2o1. The summed E-state index contributed by atoms with van der Waals surface area (Å²) < 4.78 is 63.7. The van der Waals surface area contributed by atoms with Crippen molar-refractivity contribution >= 4 is 28.8 Å². The first-order valence-electron chi connectivity index (χ1n) is 10.4. The van der Waals surface area contributed by atoms with Gasteiger partial charge < -0.3 is 9.15 Å². The van der Waals surface area contributed by atoms with Crippen LogP contribution in [-0.2, 0) is 28.6 Å². The van der Waals surface area contributed by atoms with Gasteiger partial charge in [0, 0.05) is 25.8 Å². The third kappa shape index (κ3) is 6.03. The summed E-state index contributed by atoms with van der Waals surface area (Å²) in [5, 5.41) is 2.46. The Bertz CT molecular complexity index is 1400. The second-order valence-electron chi connectivity index (χ2n) is 7.77. The summed E-state index contributed by atoms with van der Waals surface area (Å²) in [5.74, 6) is -0.685. The highest BCUT2D eigenvalue weighted by Crippen LogP contribution is 2.31. The molecular weight excluding hydrogens is 468 g/mol. The molecule has 0 aliphatic rings. The second-order valence-corrected chi connectivity index (χ2v) is 7.77.